The summed E-state index contributed by atoms with van der Waals surface area (Å²) in [4.78, 5) is 21.1. The number of nitrogens with zero attached hydrogens (tertiary/aromatic N) is 3. The van der Waals surface area contributed by atoms with Gasteiger partial charge in [0.05, 0.1) is 12.3 Å². The van der Waals surface area contributed by atoms with Crippen molar-refractivity contribution in [2.75, 3.05) is 0 Å². The molecule has 1 atom stereocenters. The van der Waals surface area contributed by atoms with Gasteiger partial charge in [-0.3, -0.25) is 9.69 Å². The van der Waals surface area contributed by atoms with Crippen molar-refractivity contribution in [3.63, 3.8) is 0 Å². The summed E-state index contributed by atoms with van der Waals surface area (Å²) in [6, 6.07) is 1.60. The van der Waals surface area contributed by atoms with Crippen LogP contribution >= 0.6 is 0 Å². The lowest BCUT2D eigenvalue weighted by Gasteiger charge is -2.23. The summed E-state index contributed by atoms with van der Waals surface area (Å²) in [6.45, 7) is 1.39. The van der Waals surface area contributed by atoms with Crippen LogP contribution in [0.2, 0.25) is 0 Å². The van der Waals surface area contributed by atoms with Crippen molar-refractivity contribution in [2.45, 2.75) is 20.0 Å². The van der Waals surface area contributed by atoms with E-state index in [0.717, 1.165) is 11.5 Å². The molecule has 0 fully saturated rings. The molecule has 1 aliphatic heterocycles. The first-order valence-corrected chi connectivity index (χ1v) is 6.66. The molecular formula is C15H15N3O3. The van der Waals surface area contributed by atoms with Crippen molar-refractivity contribution in [3.05, 3.63) is 54.0 Å². The van der Waals surface area contributed by atoms with Crippen molar-refractivity contribution in [3.8, 4) is 5.88 Å². The SMILES string of the molecule is CC(=O)N1C=CC2CC(Oc3cc(CO)ncn3)=CC=C21. The van der Waals surface area contributed by atoms with Crippen molar-refractivity contribution < 1.29 is 14.6 Å². The molecule has 1 N–H and O–H groups in total. The Morgan fingerprint density at radius 1 is 1.48 bits per heavy atom. The maximum atomic E-state index is 11.5. The monoisotopic (exact) mass is 285 g/mol. The summed E-state index contributed by atoms with van der Waals surface area (Å²) >= 11 is 0. The van der Waals surface area contributed by atoms with Crippen LogP contribution in [0.4, 0.5) is 0 Å². The fourth-order valence-electron chi connectivity index (χ4n) is 2.41. The molecule has 6 nitrogen and oxygen atoms in total. The lowest BCUT2D eigenvalue weighted by molar-refractivity contribution is -0.124. The molecule has 1 aliphatic carbocycles. The van der Waals surface area contributed by atoms with Gasteiger partial charge in [0.25, 0.3) is 0 Å². The summed E-state index contributed by atoms with van der Waals surface area (Å²) in [5, 5.41) is 9.06. The van der Waals surface area contributed by atoms with Crippen LogP contribution in [0, 0.1) is 5.92 Å². The highest BCUT2D eigenvalue weighted by atomic mass is 16.5. The molecule has 6 heteroatoms. The van der Waals surface area contributed by atoms with E-state index in [-0.39, 0.29) is 18.4 Å². The Morgan fingerprint density at radius 2 is 2.33 bits per heavy atom. The number of hydrogen-bond acceptors (Lipinski definition) is 5. The Morgan fingerprint density at radius 3 is 3.10 bits per heavy atom. The van der Waals surface area contributed by atoms with Gasteiger partial charge in [-0.05, 0) is 12.2 Å². The Labute approximate surface area is 122 Å². The summed E-state index contributed by atoms with van der Waals surface area (Å²) < 4.78 is 5.72. The van der Waals surface area contributed by atoms with Gasteiger partial charge in [0.1, 0.15) is 12.1 Å². The van der Waals surface area contributed by atoms with Gasteiger partial charge in [-0.15, -0.1) is 0 Å². The Balaban J connectivity index is 1.77. The van der Waals surface area contributed by atoms with E-state index in [9.17, 15) is 4.79 Å². The normalized spacial score (nSPS) is 19.9. The quantitative estimate of drug-likeness (QED) is 0.911. The van der Waals surface area contributed by atoms with Crippen LogP contribution in [0.5, 0.6) is 5.88 Å². The Bertz CT molecular complexity index is 664. The number of ether oxygens (including phenoxy) is 1. The molecule has 1 aromatic rings. The number of hydrogen-bond donors (Lipinski definition) is 1. The van der Waals surface area contributed by atoms with Crippen molar-refractivity contribution >= 4 is 5.91 Å². The number of carbonyl (C=O) groups is 1. The summed E-state index contributed by atoms with van der Waals surface area (Å²) in [6.07, 6.45) is 9.55. The molecule has 1 unspecified atom stereocenters. The first-order chi connectivity index (χ1) is 10.2. The molecular weight excluding hydrogens is 270 g/mol. The van der Waals surface area contributed by atoms with Gasteiger partial charge in [0, 0.05) is 37.2 Å². The second-order valence-electron chi connectivity index (χ2n) is 4.87. The molecule has 108 valence electrons. The van der Waals surface area contributed by atoms with E-state index in [4.69, 9.17) is 9.84 Å². The minimum absolute atomic E-state index is 0.00107. The van der Waals surface area contributed by atoms with Gasteiger partial charge in [0.2, 0.25) is 11.8 Å². The summed E-state index contributed by atoms with van der Waals surface area (Å²) in [5.41, 5.74) is 1.48. The fourth-order valence-corrected chi connectivity index (χ4v) is 2.41. The van der Waals surface area contributed by atoms with Crippen LogP contribution in [0.25, 0.3) is 0 Å². The van der Waals surface area contributed by atoms with E-state index in [2.05, 4.69) is 9.97 Å². The zero-order valence-electron chi connectivity index (χ0n) is 11.6. The van der Waals surface area contributed by atoms with Crippen LogP contribution in [0.15, 0.2) is 48.3 Å². The predicted molar refractivity (Wildman–Crippen MR) is 74.5 cm³/mol. The highest BCUT2D eigenvalue weighted by molar-refractivity contribution is 5.77. The van der Waals surface area contributed by atoms with Crippen molar-refractivity contribution in [2.24, 2.45) is 5.92 Å². The molecule has 2 aliphatic rings. The van der Waals surface area contributed by atoms with Gasteiger partial charge in [0.15, 0.2) is 0 Å². The van der Waals surface area contributed by atoms with E-state index in [1.807, 2.05) is 18.2 Å². The molecule has 0 aromatic carbocycles. The molecule has 0 saturated heterocycles. The second kappa shape index (κ2) is 5.49. The minimum atomic E-state index is -0.152. The van der Waals surface area contributed by atoms with E-state index in [1.54, 1.807) is 24.1 Å². The minimum Gasteiger partial charge on any atom is -0.443 e. The lowest BCUT2D eigenvalue weighted by atomic mass is 9.97. The first kappa shape index (κ1) is 13.5. The average Bonchev–Trinajstić information content (AvgIpc) is 2.90. The third-order valence-corrected chi connectivity index (χ3v) is 3.42. The van der Waals surface area contributed by atoms with E-state index < -0.39 is 0 Å². The third-order valence-electron chi connectivity index (χ3n) is 3.42. The van der Waals surface area contributed by atoms with Gasteiger partial charge in [-0.25, -0.2) is 9.97 Å². The fraction of sp³-hybridized carbons (Fsp3) is 0.267. The number of amides is 1. The molecule has 1 aromatic heterocycles. The van der Waals surface area contributed by atoms with Gasteiger partial charge in [-0.2, -0.15) is 0 Å². The second-order valence-corrected chi connectivity index (χ2v) is 4.87. The average molecular weight is 285 g/mol. The molecule has 0 bridgehead atoms. The van der Waals surface area contributed by atoms with Crippen molar-refractivity contribution in [1.29, 1.82) is 0 Å². The summed E-state index contributed by atoms with van der Waals surface area (Å²) in [7, 11) is 0. The van der Waals surface area contributed by atoms with Gasteiger partial charge >= 0.3 is 0 Å². The Hall–Kier alpha value is -2.47. The Kier molecular flexibility index (Phi) is 3.53. The smallest absolute Gasteiger partial charge is 0.227 e. The number of aliphatic hydroxyl groups excluding tert-OH is 1. The van der Waals surface area contributed by atoms with Gasteiger partial charge < -0.3 is 9.84 Å². The molecule has 0 spiro atoms. The summed E-state index contributed by atoms with van der Waals surface area (Å²) in [5.74, 6) is 1.32. The highest BCUT2D eigenvalue weighted by Crippen LogP contribution is 2.34. The molecule has 0 radical (unpaired) electrons. The zero-order valence-corrected chi connectivity index (χ0v) is 11.6. The number of carbonyl (C=O) groups excluding carboxylic acids is 1. The molecule has 3 rings (SSSR count). The maximum absolute atomic E-state index is 11.5. The van der Waals surface area contributed by atoms with Gasteiger partial charge in [-0.1, -0.05) is 6.08 Å². The van der Waals surface area contributed by atoms with Crippen LogP contribution in [0.1, 0.15) is 19.0 Å². The zero-order chi connectivity index (χ0) is 14.8. The number of aliphatic hydroxyl groups is 1. The van der Waals surface area contributed by atoms with Crippen LogP contribution in [-0.2, 0) is 11.4 Å². The predicted octanol–water partition coefficient (Wildman–Crippen LogP) is 1.51. The maximum Gasteiger partial charge on any atom is 0.227 e. The third kappa shape index (κ3) is 2.71. The van der Waals surface area contributed by atoms with Crippen LogP contribution in [0.3, 0.4) is 0 Å². The highest BCUT2D eigenvalue weighted by Gasteiger charge is 2.28. The molecule has 21 heavy (non-hydrogen) atoms. The van der Waals surface area contributed by atoms with E-state index >= 15 is 0 Å². The van der Waals surface area contributed by atoms with Crippen LogP contribution in [-0.4, -0.2) is 25.9 Å². The molecule has 0 saturated carbocycles. The number of fused-ring (bicyclic) bond motifs is 1. The first-order valence-electron chi connectivity index (χ1n) is 6.66. The number of rotatable bonds is 3. The molecule has 1 amide bonds. The topological polar surface area (TPSA) is 75.6 Å². The number of aromatic nitrogens is 2. The standard InChI is InChI=1S/C15H15N3O3/c1-10(20)18-5-4-11-6-13(2-3-14(11)18)21-15-7-12(8-19)16-9-17-15/h2-5,7,9,11,19H,6,8H2,1H3. The van der Waals surface area contributed by atoms with E-state index in [0.29, 0.717) is 18.0 Å². The lowest BCUT2D eigenvalue weighted by Crippen LogP contribution is -2.23. The number of allylic oxidation sites excluding steroid dienone is 4. The molecule has 2 heterocycles. The van der Waals surface area contributed by atoms with Crippen molar-refractivity contribution in [1.82, 2.24) is 14.9 Å². The van der Waals surface area contributed by atoms with E-state index in [1.165, 1.54) is 6.33 Å². The van der Waals surface area contributed by atoms with Crippen LogP contribution < -0.4 is 4.74 Å². The largest absolute Gasteiger partial charge is 0.443 e.